The number of hydrogen-bond acceptors (Lipinski definition) is 7. The Morgan fingerprint density at radius 1 is 1.24 bits per heavy atom. The zero-order chi connectivity index (χ0) is 24.2. The van der Waals surface area contributed by atoms with E-state index in [2.05, 4.69) is 10.3 Å². The second-order valence-corrected chi connectivity index (χ2v) is 9.74. The van der Waals surface area contributed by atoms with Crippen molar-refractivity contribution in [2.24, 2.45) is 5.73 Å². The summed E-state index contributed by atoms with van der Waals surface area (Å²) in [7, 11) is 1.33. The van der Waals surface area contributed by atoms with E-state index in [1.54, 1.807) is 9.42 Å². The van der Waals surface area contributed by atoms with E-state index in [1.165, 1.54) is 7.05 Å². The number of hydrazine groups is 1. The van der Waals surface area contributed by atoms with E-state index in [0.717, 1.165) is 48.7 Å². The molecule has 3 N–H and O–H groups in total. The first-order valence-corrected chi connectivity index (χ1v) is 11.9. The Kier molecular flexibility index (Phi) is 5.93. The number of likely N-dealkylation sites (tertiary alicyclic amines) is 1. The quantitative estimate of drug-likeness (QED) is 0.692. The van der Waals surface area contributed by atoms with E-state index in [0.29, 0.717) is 24.3 Å². The molecule has 9 nitrogen and oxygen atoms in total. The summed E-state index contributed by atoms with van der Waals surface area (Å²) in [5, 5.41) is 5.72. The third-order valence-electron chi connectivity index (χ3n) is 7.24. The standard InChI is InChI=1S/C22H31F3N8O/c1-13-11-33-19(27-20(13)31-8-6-14(26)12-31)10-15(29-33)17-5-3-4-7-32(17)21(34)16-9-18(22(23,24)25)30(2)28-16/h10-11,14,16-18,28H,3-9,12,26H2,1-2H3/t14-,16?,17-,18?/m0/s1. The van der Waals surface area contributed by atoms with Crippen LogP contribution in [0.5, 0.6) is 0 Å². The van der Waals surface area contributed by atoms with Gasteiger partial charge in [-0.15, -0.1) is 0 Å². The minimum atomic E-state index is -4.39. The number of piperidine rings is 1. The lowest BCUT2D eigenvalue weighted by atomic mass is 9.97. The van der Waals surface area contributed by atoms with Crippen molar-refractivity contribution in [3.63, 3.8) is 0 Å². The number of aryl methyl sites for hydroxylation is 1. The molecule has 5 rings (SSSR count). The third kappa shape index (κ3) is 4.22. The number of carbonyl (C=O) groups is 1. The van der Waals surface area contributed by atoms with Gasteiger partial charge in [-0.05, 0) is 39.0 Å². The number of halogens is 3. The lowest BCUT2D eigenvalue weighted by molar-refractivity contribution is -0.176. The van der Waals surface area contributed by atoms with Crippen LogP contribution in [0.1, 0.15) is 49.4 Å². The summed E-state index contributed by atoms with van der Waals surface area (Å²) in [6.07, 6.45) is 0.632. The van der Waals surface area contributed by atoms with Crippen LogP contribution in [-0.2, 0) is 4.79 Å². The van der Waals surface area contributed by atoms with Crippen molar-refractivity contribution in [1.82, 2.24) is 29.9 Å². The summed E-state index contributed by atoms with van der Waals surface area (Å²) in [4.78, 5) is 22.0. The molecule has 3 aliphatic heterocycles. The maximum absolute atomic E-state index is 13.3. The Labute approximate surface area is 196 Å². The first-order valence-electron chi connectivity index (χ1n) is 11.9. The van der Waals surface area contributed by atoms with Gasteiger partial charge in [-0.1, -0.05) is 0 Å². The van der Waals surface area contributed by atoms with Crippen LogP contribution in [0, 0.1) is 6.92 Å². The average molecular weight is 481 g/mol. The number of hydrogen-bond donors (Lipinski definition) is 2. The molecule has 1 amide bonds. The van der Waals surface area contributed by atoms with Crippen molar-refractivity contribution in [2.75, 3.05) is 31.6 Å². The van der Waals surface area contributed by atoms with Crippen molar-refractivity contribution >= 4 is 17.4 Å². The summed E-state index contributed by atoms with van der Waals surface area (Å²) in [6, 6.07) is -0.837. The predicted molar refractivity (Wildman–Crippen MR) is 120 cm³/mol. The van der Waals surface area contributed by atoms with E-state index in [9.17, 15) is 18.0 Å². The Hall–Kier alpha value is -2.44. The number of aromatic nitrogens is 3. The third-order valence-corrected chi connectivity index (χ3v) is 7.24. The van der Waals surface area contributed by atoms with Crippen molar-refractivity contribution < 1.29 is 18.0 Å². The van der Waals surface area contributed by atoms with Gasteiger partial charge in [-0.2, -0.15) is 18.3 Å². The van der Waals surface area contributed by atoms with E-state index < -0.39 is 18.3 Å². The number of nitrogens with one attached hydrogen (secondary N) is 1. The largest absolute Gasteiger partial charge is 0.405 e. The number of alkyl halides is 3. The van der Waals surface area contributed by atoms with Gasteiger partial charge in [0, 0.05) is 50.6 Å². The van der Waals surface area contributed by atoms with Crippen LogP contribution in [-0.4, -0.2) is 81.4 Å². The average Bonchev–Trinajstić information content (AvgIpc) is 3.50. The molecular weight excluding hydrogens is 449 g/mol. The molecule has 0 aromatic carbocycles. The van der Waals surface area contributed by atoms with Crippen LogP contribution in [0.15, 0.2) is 12.3 Å². The molecule has 34 heavy (non-hydrogen) atoms. The molecule has 0 spiro atoms. The van der Waals surface area contributed by atoms with Crippen LogP contribution < -0.4 is 16.1 Å². The number of nitrogens with two attached hydrogens (primary N) is 1. The highest BCUT2D eigenvalue weighted by molar-refractivity contribution is 5.82. The van der Waals surface area contributed by atoms with Crippen LogP contribution in [0.3, 0.4) is 0 Å². The van der Waals surface area contributed by atoms with Gasteiger partial charge >= 0.3 is 6.18 Å². The Morgan fingerprint density at radius 2 is 2.03 bits per heavy atom. The van der Waals surface area contributed by atoms with Crippen LogP contribution in [0.4, 0.5) is 19.0 Å². The second kappa shape index (κ2) is 8.65. The molecule has 2 unspecified atom stereocenters. The van der Waals surface area contributed by atoms with Gasteiger partial charge < -0.3 is 15.5 Å². The molecule has 2 aromatic heterocycles. The van der Waals surface area contributed by atoms with E-state index in [4.69, 9.17) is 15.8 Å². The normalized spacial score (nSPS) is 28.9. The minimum Gasteiger partial charge on any atom is -0.355 e. The topological polar surface area (TPSA) is 95.0 Å². The molecule has 3 saturated heterocycles. The van der Waals surface area contributed by atoms with Crippen molar-refractivity contribution in [1.29, 1.82) is 0 Å². The van der Waals surface area contributed by atoms with Crippen molar-refractivity contribution in [2.45, 2.75) is 69.4 Å². The summed E-state index contributed by atoms with van der Waals surface area (Å²) in [6.45, 7) is 4.11. The SMILES string of the molecule is Cc1cn2nc([C@@H]3CCCCN3C(=O)C3CC(C(F)(F)F)N(C)N3)cc2nc1N1CC[C@H](N)C1. The van der Waals surface area contributed by atoms with Crippen LogP contribution in [0.2, 0.25) is 0 Å². The smallest absolute Gasteiger partial charge is 0.355 e. The lowest BCUT2D eigenvalue weighted by Gasteiger charge is -2.36. The number of amides is 1. The first kappa shape index (κ1) is 23.3. The molecule has 0 bridgehead atoms. The number of anilines is 1. The maximum atomic E-state index is 13.3. The molecule has 3 aliphatic rings. The summed E-state index contributed by atoms with van der Waals surface area (Å²) in [5.74, 6) is 0.580. The molecule has 0 saturated carbocycles. The number of nitrogens with zero attached hydrogens (tertiary/aromatic N) is 6. The van der Waals surface area contributed by atoms with Gasteiger partial charge in [0.15, 0.2) is 5.65 Å². The fraction of sp³-hybridized carbons (Fsp3) is 0.682. The summed E-state index contributed by atoms with van der Waals surface area (Å²) < 4.78 is 41.7. The van der Waals surface area contributed by atoms with Gasteiger partial charge in [0.1, 0.15) is 17.9 Å². The van der Waals surface area contributed by atoms with Crippen LogP contribution >= 0.6 is 0 Å². The summed E-state index contributed by atoms with van der Waals surface area (Å²) >= 11 is 0. The lowest BCUT2D eigenvalue weighted by Crippen LogP contribution is -2.49. The Balaban J connectivity index is 1.39. The number of rotatable bonds is 3. The molecule has 5 heterocycles. The molecule has 4 atom stereocenters. The van der Waals surface area contributed by atoms with Gasteiger partial charge in [0.25, 0.3) is 0 Å². The zero-order valence-corrected chi connectivity index (χ0v) is 19.4. The molecule has 186 valence electrons. The number of carbonyl (C=O) groups excluding carboxylic acids is 1. The monoisotopic (exact) mass is 480 g/mol. The van der Waals surface area contributed by atoms with E-state index >= 15 is 0 Å². The molecule has 2 aromatic rings. The van der Waals surface area contributed by atoms with Crippen molar-refractivity contribution in [3.8, 4) is 0 Å². The molecule has 3 fully saturated rings. The highest BCUT2D eigenvalue weighted by Gasteiger charge is 2.50. The van der Waals surface area contributed by atoms with Gasteiger partial charge in [-0.25, -0.2) is 19.9 Å². The number of fused-ring (bicyclic) bond motifs is 1. The van der Waals surface area contributed by atoms with E-state index in [1.807, 2.05) is 19.2 Å². The predicted octanol–water partition coefficient (Wildman–Crippen LogP) is 1.77. The van der Waals surface area contributed by atoms with Gasteiger partial charge in [-0.3, -0.25) is 4.79 Å². The summed E-state index contributed by atoms with van der Waals surface area (Å²) in [5.41, 5.74) is 11.2. The highest BCUT2D eigenvalue weighted by atomic mass is 19.4. The van der Waals surface area contributed by atoms with Crippen molar-refractivity contribution in [3.05, 3.63) is 23.5 Å². The fourth-order valence-electron chi connectivity index (χ4n) is 5.46. The van der Waals surface area contributed by atoms with E-state index in [-0.39, 0.29) is 24.4 Å². The molecule has 0 aliphatic carbocycles. The fourth-order valence-corrected chi connectivity index (χ4v) is 5.46. The molecule has 12 heteroatoms. The van der Waals surface area contributed by atoms with Crippen LogP contribution in [0.25, 0.3) is 5.65 Å². The Morgan fingerprint density at radius 3 is 2.71 bits per heavy atom. The first-order chi connectivity index (χ1) is 16.1. The highest BCUT2D eigenvalue weighted by Crippen LogP contribution is 2.35. The second-order valence-electron chi connectivity index (χ2n) is 9.74. The van der Waals surface area contributed by atoms with Gasteiger partial charge in [0.2, 0.25) is 5.91 Å². The molecular formula is C22H31F3N8O. The maximum Gasteiger partial charge on any atom is 0.405 e. The zero-order valence-electron chi connectivity index (χ0n) is 19.4. The van der Waals surface area contributed by atoms with Gasteiger partial charge in [0.05, 0.1) is 11.7 Å². The molecule has 0 radical (unpaired) electrons. The minimum absolute atomic E-state index is 0.139. The Bertz CT molecular complexity index is 1070.